The molecule has 2 N–H and O–H groups in total. The van der Waals surface area contributed by atoms with Crippen LogP contribution in [0.25, 0.3) is 10.9 Å². The number of nitrogens with one attached hydrogen (secondary N) is 1. The third-order valence-corrected chi connectivity index (χ3v) is 3.17. The number of benzene rings is 1. The zero-order valence-electron chi connectivity index (χ0n) is 12.7. The third kappa shape index (κ3) is 4.20. The van der Waals surface area contributed by atoms with E-state index in [4.69, 9.17) is 14.7 Å². The van der Waals surface area contributed by atoms with Crippen LogP contribution >= 0.6 is 0 Å². The van der Waals surface area contributed by atoms with Crippen LogP contribution in [0.2, 0.25) is 0 Å². The van der Waals surface area contributed by atoms with Crippen molar-refractivity contribution in [2.75, 3.05) is 33.9 Å². The SMILES string of the molecule is CN(C)CCc1c[nH]c2cccc(OC(=O)OCCOO)c12. The fourth-order valence-corrected chi connectivity index (χ4v) is 2.13. The second kappa shape index (κ2) is 7.79. The first kappa shape index (κ1) is 16.3. The zero-order valence-corrected chi connectivity index (χ0v) is 12.7. The van der Waals surface area contributed by atoms with Crippen molar-refractivity contribution in [1.82, 2.24) is 9.88 Å². The Morgan fingerprint density at radius 2 is 2.14 bits per heavy atom. The molecule has 22 heavy (non-hydrogen) atoms. The van der Waals surface area contributed by atoms with Gasteiger partial charge in [0.15, 0.2) is 0 Å². The molecule has 0 aliphatic heterocycles. The maximum Gasteiger partial charge on any atom is 0.513 e. The average Bonchev–Trinajstić information content (AvgIpc) is 2.89. The summed E-state index contributed by atoms with van der Waals surface area (Å²) in [6, 6.07) is 5.44. The van der Waals surface area contributed by atoms with Crippen LogP contribution in [-0.2, 0) is 16.0 Å². The average molecular weight is 308 g/mol. The van der Waals surface area contributed by atoms with Gasteiger partial charge in [-0.2, -0.15) is 0 Å². The lowest BCUT2D eigenvalue weighted by Crippen LogP contribution is -2.15. The van der Waals surface area contributed by atoms with Crippen molar-refractivity contribution >= 4 is 17.1 Å². The predicted octanol–water partition coefficient (Wildman–Crippen LogP) is 2.28. The Balaban J connectivity index is 2.14. The van der Waals surface area contributed by atoms with E-state index in [9.17, 15) is 4.79 Å². The first-order valence-corrected chi connectivity index (χ1v) is 6.96. The molecule has 0 unspecified atom stereocenters. The minimum Gasteiger partial charge on any atom is -0.431 e. The first-order chi connectivity index (χ1) is 10.6. The predicted molar refractivity (Wildman–Crippen MR) is 81.1 cm³/mol. The minimum atomic E-state index is -0.829. The highest BCUT2D eigenvalue weighted by molar-refractivity contribution is 5.90. The van der Waals surface area contributed by atoms with Gasteiger partial charge < -0.3 is 19.4 Å². The minimum absolute atomic E-state index is 0.0774. The maximum absolute atomic E-state index is 11.6. The summed E-state index contributed by atoms with van der Waals surface area (Å²) in [4.78, 5) is 20.7. The molecule has 0 spiro atoms. The second-order valence-electron chi connectivity index (χ2n) is 5.08. The molecule has 0 atom stereocenters. The molecule has 0 fully saturated rings. The number of hydrogen-bond acceptors (Lipinski definition) is 6. The highest BCUT2D eigenvalue weighted by atomic mass is 17.1. The third-order valence-electron chi connectivity index (χ3n) is 3.17. The lowest BCUT2D eigenvalue weighted by Gasteiger charge is -2.10. The van der Waals surface area contributed by atoms with Gasteiger partial charge in [0.25, 0.3) is 0 Å². The van der Waals surface area contributed by atoms with E-state index in [1.165, 1.54) is 0 Å². The standard InChI is InChI=1S/C15H20N2O5/c1-17(2)7-6-11-10-16-12-4-3-5-13(14(11)12)22-15(18)20-8-9-21-19/h3-5,10,16,19H,6-9H2,1-2H3. The fourth-order valence-electron chi connectivity index (χ4n) is 2.13. The number of carbonyl (C=O) groups is 1. The molecular formula is C15H20N2O5. The monoisotopic (exact) mass is 308 g/mol. The van der Waals surface area contributed by atoms with Gasteiger partial charge in [0, 0.05) is 23.6 Å². The normalized spacial score (nSPS) is 11.1. The number of nitrogens with zero attached hydrogens (tertiary/aromatic N) is 1. The van der Waals surface area contributed by atoms with Gasteiger partial charge >= 0.3 is 6.16 Å². The molecular weight excluding hydrogens is 288 g/mol. The molecule has 1 aromatic carbocycles. The van der Waals surface area contributed by atoms with Gasteiger partial charge in [-0.15, -0.1) is 0 Å². The van der Waals surface area contributed by atoms with Crippen LogP contribution in [-0.4, -0.2) is 55.2 Å². The fraction of sp³-hybridized carbons (Fsp3) is 0.400. The number of carbonyl (C=O) groups excluding carboxylic acids is 1. The second-order valence-corrected chi connectivity index (χ2v) is 5.08. The van der Waals surface area contributed by atoms with Crippen LogP contribution in [0.15, 0.2) is 24.4 Å². The van der Waals surface area contributed by atoms with Gasteiger partial charge in [-0.3, -0.25) is 5.26 Å². The molecule has 1 aromatic heterocycles. The lowest BCUT2D eigenvalue weighted by molar-refractivity contribution is -0.246. The van der Waals surface area contributed by atoms with Crippen LogP contribution in [0.1, 0.15) is 5.56 Å². The molecule has 0 amide bonds. The number of H-pyrrole nitrogens is 1. The number of rotatable bonds is 7. The molecule has 120 valence electrons. The van der Waals surface area contributed by atoms with Crippen LogP contribution in [0.5, 0.6) is 5.75 Å². The van der Waals surface area contributed by atoms with E-state index in [0.29, 0.717) is 5.75 Å². The largest absolute Gasteiger partial charge is 0.513 e. The molecule has 7 nitrogen and oxygen atoms in total. The van der Waals surface area contributed by atoms with Gasteiger partial charge in [-0.05, 0) is 38.2 Å². The number of ether oxygens (including phenoxy) is 2. The number of aromatic amines is 1. The van der Waals surface area contributed by atoms with E-state index in [2.05, 4.69) is 14.8 Å². The van der Waals surface area contributed by atoms with Crippen molar-refractivity contribution in [1.29, 1.82) is 0 Å². The van der Waals surface area contributed by atoms with Crippen molar-refractivity contribution in [3.05, 3.63) is 30.0 Å². The zero-order chi connectivity index (χ0) is 15.9. The number of fused-ring (bicyclic) bond motifs is 1. The van der Waals surface area contributed by atoms with Crippen molar-refractivity contribution < 1.29 is 24.4 Å². The van der Waals surface area contributed by atoms with E-state index in [1.807, 2.05) is 26.4 Å². The quantitative estimate of drug-likeness (QED) is 0.268. The first-order valence-electron chi connectivity index (χ1n) is 6.96. The Kier molecular flexibility index (Phi) is 5.76. The summed E-state index contributed by atoms with van der Waals surface area (Å²) in [6.45, 7) is 0.711. The van der Waals surface area contributed by atoms with Crippen LogP contribution in [0, 0.1) is 0 Å². The van der Waals surface area contributed by atoms with Gasteiger partial charge in [0.2, 0.25) is 0 Å². The number of hydrogen-bond donors (Lipinski definition) is 2. The van der Waals surface area contributed by atoms with Crippen LogP contribution in [0.4, 0.5) is 4.79 Å². The summed E-state index contributed by atoms with van der Waals surface area (Å²) in [6.07, 6.45) is 1.93. The summed E-state index contributed by atoms with van der Waals surface area (Å²) in [7, 11) is 4.01. The summed E-state index contributed by atoms with van der Waals surface area (Å²) in [5.74, 6) is 0.447. The van der Waals surface area contributed by atoms with E-state index < -0.39 is 6.16 Å². The van der Waals surface area contributed by atoms with E-state index in [1.54, 1.807) is 12.1 Å². The van der Waals surface area contributed by atoms with Gasteiger partial charge in [0.1, 0.15) is 19.0 Å². The van der Waals surface area contributed by atoms with Crippen molar-refractivity contribution in [2.45, 2.75) is 6.42 Å². The topological polar surface area (TPSA) is 84.0 Å². The maximum atomic E-state index is 11.6. The van der Waals surface area contributed by atoms with Crippen LogP contribution in [0.3, 0.4) is 0 Å². The van der Waals surface area contributed by atoms with E-state index >= 15 is 0 Å². The molecule has 0 bridgehead atoms. The van der Waals surface area contributed by atoms with E-state index in [0.717, 1.165) is 29.4 Å². The highest BCUT2D eigenvalue weighted by Crippen LogP contribution is 2.29. The van der Waals surface area contributed by atoms with Crippen LogP contribution < -0.4 is 4.74 Å². The molecule has 0 saturated carbocycles. The molecule has 1 heterocycles. The summed E-state index contributed by atoms with van der Waals surface area (Å²) >= 11 is 0. The van der Waals surface area contributed by atoms with Crippen molar-refractivity contribution in [2.24, 2.45) is 0 Å². The van der Waals surface area contributed by atoms with Crippen molar-refractivity contribution in [3.8, 4) is 5.75 Å². The van der Waals surface area contributed by atoms with Gasteiger partial charge in [0.05, 0.1) is 0 Å². The highest BCUT2D eigenvalue weighted by Gasteiger charge is 2.13. The van der Waals surface area contributed by atoms with Crippen molar-refractivity contribution in [3.63, 3.8) is 0 Å². The smallest absolute Gasteiger partial charge is 0.431 e. The van der Waals surface area contributed by atoms with E-state index in [-0.39, 0.29) is 13.2 Å². The number of likely N-dealkylation sites (N-methyl/N-ethyl adjacent to an activating group) is 1. The molecule has 0 aliphatic rings. The molecule has 7 heteroatoms. The van der Waals surface area contributed by atoms with Gasteiger partial charge in [-0.25, -0.2) is 9.68 Å². The Morgan fingerprint density at radius 3 is 2.86 bits per heavy atom. The molecule has 2 aromatic rings. The molecule has 0 saturated heterocycles. The molecule has 2 rings (SSSR count). The number of aromatic nitrogens is 1. The summed E-state index contributed by atoms with van der Waals surface area (Å²) < 4.78 is 10.0. The Labute approximate surface area is 128 Å². The Hall–Kier alpha value is -2.09. The van der Waals surface area contributed by atoms with Gasteiger partial charge in [-0.1, -0.05) is 6.07 Å². The summed E-state index contributed by atoms with van der Waals surface area (Å²) in [5.41, 5.74) is 1.98. The molecule has 0 aliphatic carbocycles. The Bertz CT molecular complexity index is 623. The molecule has 0 radical (unpaired) electrons. The summed E-state index contributed by atoms with van der Waals surface area (Å²) in [5, 5.41) is 9.06. The Morgan fingerprint density at radius 1 is 1.32 bits per heavy atom. The lowest BCUT2D eigenvalue weighted by atomic mass is 10.1.